The minimum absolute atomic E-state index is 0.0209. The van der Waals surface area contributed by atoms with E-state index >= 15 is 4.39 Å². The van der Waals surface area contributed by atoms with Gasteiger partial charge in [0, 0.05) is 49.3 Å². The first kappa shape index (κ1) is 41.2. The van der Waals surface area contributed by atoms with Gasteiger partial charge in [0.05, 0.1) is 35.3 Å². The minimum Gasteiger partial charge on any atom is -0.486 e. The lowest BCUT2D eigenvalue weighted by Gasteiger charge is -2.25. The molecule has 3 fully saturated rings. The molecule has 318 valence electrons. The number of methoxy groups -OCH3 is 1. The van der Waals surface area contributed by atoms with E-state index in [0.717, 1.165) is 43.1 Å². The van der Waals surface area contributed by atoms with Crippen molar-refractivity contribution in [1.82, 2.24) is 24.6 Å². The van der Waals surface area contributed by atoms with Crippen LogP contribution in [0.25, 0.3) is 32.9 Å². The van der Waals surface area contributed by atoms with Crippen molar-refractivity contribution in [3.63, 3.8) is 0 Å². The maximum Gasteiger partial charge on any atom is 0.410 e. The fourth-order valence-corrected chi connectivity index (χ4v) is 7.84. The van der Waals surface area contributed by atoms with Gasteiger partial charge in [-0.3, -0.25) is 0 Å². The average molecular weight is 826 g/mol. The number of carbonyl (C=O) groups excluding carboxylic acids is 1. The van der Waals surface area contributed by atoms with E-state index in [1.54, 1.807) is 41.9 Å². The average Bonchev–Trinajstić information content (AvgIpc) is 3.82. The molecule has 0 radical (unpaired) electrons. The predicted octanol–water partition coefficient (Wildman–Crippen LogP) is 8.75. The van der Waals surface area contributed by atoms with Gasteiger partial charge in [0.15, 0.2) is 12.0 Å². The summed E-state index contributed by atoms with van der Waals surface area (Å²) in [7, 11) is 1.59. The Morgan fingerprint density at radius 1 is 1.02 bits per heavy atom. The predicted molar refractivity (Wildman–Crippen MR) is 220 cm³/mol. The Balaban J connectivity index is 1.32. The zero-order valence-corrected chi connectivity index (χ0v) is 35.0. The molecule has 8 rings (SSSR count). The standard InChI is InChI=1S/C45H52FN5O9/c1-25(55-6)23-58-43-48-39-32(41(49-43)59-30-16-17-50(22-30)44(54)60-45(3,4)5)19-31(28-14-15-28)38(40(39)57-24-27-10-12-29(13-11-27)42(52)53)37-26(2)34(46)20-35-33(37)21-47-51(35)36-9-7-8-18-56-36/h10-13,19-21,25,28,30,36H,7-9,14-18,22-24H2,1-6H3,(H,52,53)/t25-,30+,36?/m0/s1. The molecule has 1 amide bonds. The van der Waals surface area contributed by atoms with Gasteiger partial charge in [-0.05, 0) is 108 Å². The van der Waals surface area contributed by atoms with E-state index in [9.17, 15) is 14.7 Å². The van der Waals surface area contributed by atoms with E-state index in [1.807, 2.05) is 33.8 Å². The van der Waals surface area contributed by atoms with E-state index in [0.29, 0.717) is 64.0 Å². The van der Waals surface area contributed by atoms with Gasteiger partial charge >= 0.3 is 18.1 Å². The molecule has 1 aliphatic carbocycles. The number of nitrogens with zero attached hydrogens (tertiary/aromatic N) is 5. The Morgan fingerprint density at radius 2 is 1.80 bits per heavy atom. The number of hydrogen-bond donors (Lipinski definition) is 1. The zero-order valence-electron chi connectivity index (χ0n) is 35.0. The van der Waals surface area contributed by atoms with Crippen LogP contribution in [0.5, 0.6) is 17.6 Å². The van der Waals surface area contributed by atoms with Crippen molar-refractivity contribution in [2.75, 3.05) is 33.4 Å². The van der Waals surface area contributed by atoms with Gasteiger partial charge in [-0.25, -0.2) is 18.7 Å². The van der Waals surface area contributed by atoms with Gasteiger partial charge in [0.2, 0.25) is 5.88 Å². The number of carboxylic acids is 1. The van der Waals surface area contributed by atoms with Crippen LogP contribution in [0.3, 0.4) is 0 Å². The van der Waals surface area contributed by atoms with Crippen LogP contribution < -0.4 is 14.2 Å². The molecule has 2 aromatic heterocycles. The quantitative estimate of drug-likeness (QED) is 0.121. The molecule has 3 aliphatic rings. The second-order valence-corrected chi connectivity index (χ2v) is 17.0. The maximum atomic E-state index is 16.4. The van der Waals surface area contributed by atoms with Crippen molar-refractivity contribution in [2.45, 2.75) is 110 Å². The summed E-state index contributed by atoms with van der Waals surface area (Å²) in [6.45, 7) is 10.6. The molecule has 5 aromatic rings. The fraction of sp³-hybridized carbons (Fsp3) is 0.489. The molecule has 3 atom stereocenters. The first-order valence-electron chi connectivity index (χ1n) is 20.7. The monoisotopic (exact) mass is 825 g/mol. The lowest BCUT2D eigenvalue weighted by Crippen LogP contribution is -2.36. The van der Waals surface area contributed by atoms with Crippen LogP contribution in [0.15, 0.2) is 42.6 Å². The molecule has 60 heavy (non-hydrogen) atoms. The number of fused-ring (bicyclic) bond motifs is 2. The van der Waals surface area contributed by atoms with E-state index in [2.05, 4.69) is 0 Å². The molecule has 3 aromatic carbocycles. The highest BCUT2D eigenvalue weighted by molar-refractivity contribution is 6.05. The largest absolute Gasteiger partial charge is 0.486 e. The third-order valence-electron chi connectivity index (χ3n) is 11.2. The van der Waals surface area contributed by atoms with Crippen LogP contribution >= 0.6 is 0 Å². The normalized spacial score (nSPS) is 18.8. The molecular formula is C45H52FN5O9. The molecule has 14 nitrogen and oxygen atoms in total. The van der Waals surface area contributed by atoms with Crippen molar-refractivity contribution in [3.8, 4) is 28.8 Å². The highest BCUT2D eigenvalue weighted by Crippen LogP contribution is 2.53. The number of rotatable bonds is 13. The van der Waals surface area contributed by atoms with Crippen molar-refractivity contribution in [3.05, 3.63) is 70.7 Å². The summed E-state index contributed by atoms with van der Waals surface area (Å²) in [5, 5.41) is 15.6. The van der Waals surface area contributed by atoms with Crippen LogP contribution in [0.4, 0.5) is 9.18 Å². The minimum atomic E-state index is -1.03. The smallest absolute Gasteiger partial charge is 0.410 e. The first-order valence-corrected chi connectivity index (χ1v) is 20.7. The number of carbonyl (C=O) groups is 2. The number of carboxylic acid groups (broad SMARTS) is 1. The van der Waals surface area contributed by atoms with Gasteiger partial charge < -0.3 is 38.4 Å². The Kier molecular flexibility index (Phi) is 11.6. The molecule has 2 saturated heterocycles. The van der Waals surface area contributed by atoms with E-state index < -0.39 is 29.6 Å². The van der Waals surface area contributed by atoms with Crippen LogP contribution in [0.2, 0.25) is 0 Å². The summed E-state index contributed by atoms with van der Waals surface area (Å²) >= 11 is 0. The van der Waals surface area contributed by atoms with Crippen LogP contribution in [0, 0.1) is 12.7 Å². The molecule has 1 N–H and O–H groups in total. The van der Waals surface area contributed by atoms with Gasteiger partial charge in [0.1, 0.15) is 36.3 Å². The molecule has 4 heterocycles. The summed E-state index contributed by atoms with van der Waals surface area (Å²) in [6.07, 6.45) is 5.40. The second kappa shape index (κ2) is 16.8. The number of benzene rings is 3. The number of aromatic nitrogens is 4. The Morgan fingerprint density at radius 3 is 2.48 bits per heavy atom. The molecule has 1 unspecified atom stereocenters. The second-order valence-electron chi connectivity index (χ2n) is 17.0. The summed E-state index contributed by atoms with van der Waals surface area (Å²) in [5.41, 5.74) is 3.85. The van der Waals surface area contributed by atoms with E-state index in [1.165, 1.54) is 18.2 Å². The Hall–Kier alpha value is -5.54. The van der Waals surface area contributed by atoms with E-state index in [-0.39, 0.29) is 55.5 Å². The zero-order chi connectivity index (χ0) is 42.3. The highest BCUT2D eigenvalue weighted by Gasteiger charge is 2.36. The number of amides is 1. The van der Waals surface area contributed by atoms with Gasteiger partial charge in [-0.1, -0.05) is 12.1 Å². The van der Waals surface area contributed by atoms with Crippen molar-refractivity contribution in [1.29, 1.82) is 0 Å². The molecule has 0 spiro atoms. The topological polar surface area (TPSA) is 157 Å². The Labute approximate surface area is 347 Å². The number of aromatic carboxylic acids is 1. The highest BCUT2D eigenvalue weighted by atomic mass is 19.1. The molecule has 1 saturated carbocycles. The lowest BCUT2D eigenvalue weighted by atomic mass is 9.88. The molecule has 0 bridgehead atoms. The summed E-state index contributed by atoms with van der Waals surface area (Å²) in [5.74, 6) is -0.687. The van der Waals surface area contributed by atoms with Crippen LogP contribution in [-0.2, 0) is 20.8 Å². The molecule has 2 aliphatic heterocycles. The van der Waals surface area contributed by atoms with Crippen molar-refractivity contribution < 1.29 is 47.5 Å². The van der Waals surface area contributed by atoms with Gasteiger partial charge in [-0.2, -0.15) is 15.1 Å². The van der Waals surface area contributed by atoms with Gasteiger partial charge in [0.25, 0.3) is 0 Å². The summed E-state index contributed by atoms with van der Waals surface area (Å²) < 4.78 is 55.2. The van der Waals surface area contributed by atoms with Crippen molar-refractivity contribution in [2.24, 2.45) is 0 Å². The SMILES string of the molecule is CO[C@@H](C)COc1nc(O[C@@H]2CCN(C(=O)OC(C)(C)C)C2)c2cc(C3CC3)c(-c3c(C)c(F)cc4c3cnn4C3CCCCO3)c(OCc3ccc(C(=O)O)cc3)c2n1. The number of ether oxygens (including phenoxy) is 6. The van der Waals surface area contributed by atoms with Crippen molar-refractivity contribution >= 4 is 33.9 Å². The van der Waals surface area contributed by atoms with E-state index in [4.69, 9.17) is 43.5 Å². The first-order chi connectivity index (χ1) is 28.8. The number of hydrogen-bond acceptors (Lipinski definition) is 11. The lowest BCUT2D eigenvalue weighted by molar-refractivity contribution is -0.0367. The number of likely N-dealkylation sites (tertiary alicyclic amines) is 1. The third kappa shape index (κ3) is 8.69. The third-order valence-corrected chi connectivity index (χ3v) is 11.2. The van der Waals surface area contributed by atoms with Gasteiger partial charge in [-0.15, -0.1) is 0 Å². The van der Waals surface area contributed by atoms with Crippen LogP contribution in [-0.4, -0.2) is 93.0 Å². The summed E-state index contributed by atoms with van der Waals surface area (Å²) in [6, 6.07) is 10.0. The molecule has 15 heteroatoms. The molecular weight excluding hydrogens is 774 g/mol. The Bertz CT molecular complexity index is 2400. The maximum absolute atomic E-state index is 16.4. The summed E-state index contributed by atoms with van der Waals surface area (Å²) in [4.78, 5) is 36.1. The fourth-order valence-electron chi connectivity index (χ4n) is 7.84. The van der Waals surface area contributed by atoms with Crippen LogP contribution in [0.1, 0.15) is 105 Å². The number of halogens is 1.